The summed E-state index contributed by atoms with van der Waals surface area (Å²) in [4.78, 5) is 25.3. The summed E-state index contributed by atoms with van der Waals surface area (Å²) in [5.74, 6) is -0.349. The van der Waals surface area contributed by atoms with E-state index in [1.165, 1.54) is 14.2 Å². The number of carbonyl (C=O) groups is 1. The van der Waals surface area contributed by atoms with Crippen LogP contribution >= 0.6 is 0 Å². The van der Waals surface area contributed by atoms with Gasteiger partial charge in [-0.2, -0.15) is 5.26 Å². The lowest BCUT2D eigenvalue weighted by Crippen LogP contribution is -2.26. The average molecular weight is 293 g/mol. The lowest BCUT2D eigenvalue weighted by molar-refractivity contribution is -0.275. The van der Waals surface area contributed by atoms with Crippen LogP contribution < -0.4 is 5.32 Å². The monoisotopic (exact) mass is 293 g/mol. The van der Waals surface area contributed by atoms with E-state index in [0.717, 1.165) is 18.5 Å². The van der Waals surface area contributed by atoms with Crippen LogP contribution in [0.25, 0.3) is 0 Å². The first-order valence-corrected chi connectivity index (χ1v) is 6.89. The summed E-state index contributed by atoms with van der Waals surface area (Å²) in [6, 6.07) is 1.85. The Kier molecular flexibility index (Phi) is 5.31. The van der Waals surface area contributed by atoms with E-state index < -0.39 is 6.04 Å². The largest absolute Gasteiger partial charge is 0.467 e. The molecule has 114 valence electrons. The molecule has 0 bridgehead atoms. The zero-order chi connectivity index (χ0) is 15.2. The molecule has 0 aromatic heterocycles. The van der Waals surface area contributed by atoms with E-state index in [1.54, 1.807) is 0 Å². The molecule has 0 saturated carbocycles. The Morgan fingerprint density at radius 2 is 2.24 bits per heavy atom. The predicted molar refractivity (Wildman–Crippen MR) is 74.2 cm³/mol. The van der Waals surface area contributed by atoms with Gasteiger partial charge in [0.2, 0.25) is 0 Å². The molecule has 2 atom stereocenters. The standard InChI is InChI=1S/C14H19N3O4/c1-19-14(18)13-6-5-12(17-13)10(7-15)11-4-3-9(16-11)8-21-20-2/h9,13,16H,3-6,8H2,1-2H3. The average Bonchev–Trinajstić information content (AvgIpc) is 3.15. The molecule has 2 rings (SSSR count). The third-order valence-corrected chi connectivity index (χ3v) is 3.65. The van der Waals surface area contributed by atoms with Gasteiger partial charge in [-0.25, -0.2) is 14.6 Å². The number of allylic oxidation sites excluding steroid dienone is 2. The fourth-order valence-corrected chi connectivity index (χ4v) is 2.57. The Morgan fingerprint density at radius 3 is 2.90 bits per heavy atom. The van der Waals surface area contributed by atoms with Crippen LogP contribution in [0.3, 0.4) is 0 Å². The van der Waals surface area contributed by atoms with Gasteiger partial charge in [0.15, 0.2) is 0 Å². The molecule has 2 aliphatic heterocycles. The number of hydrogen-bond donors (Lipinski definition) is 1. The summed E-state index contributed by atoms with van der Waals surface area (Å²) in [5, 5.41) is 12.7. The minimum atomic E-state index is -0.483. The highest BCUT2D eigenvalue weighted by molar-refractivity contribution is 6.06. The summed E-state index contributed by atoms with van der Waals surface area (Å²) in [6.07, 6.45) is 2.85. The number of esters is 1. The first-order chi connectivity index (χ1) is 10.2. The number of nitrogens with zero attached hydrogens (tertiary/aromatic N) is 2. The van der Waals surface area contributed by atoms with Gasteiger partial charge in [0.1, 0.15) is 18.7 Å². The molecule has 2 heterocycles. The highest BCUT2D eigenvalue weighted by atomic mass is 17.2. The highest BCUT2D eigenvalue weighted by Gasteiger charge is 2.30. The topological polar surface area (TPSA) is 92.9 Å². The summed E-state index contributed by atoms with van der Waals surface area (Å²) < 4.78 is 4.69. The second-order valence-electron chi connectivity index (χ2n) is 4.95. The van der Waals surface area contributed by atoms with Crippen molar-refractivity contribution in [2.75, 3.05) is 20.8 Å². The number of methoxy groups -OCH3 is 1. The zero-order valence-electron chi connectivity index (χ0n) is 12.2. The Hall–Kier alpha value is -1.91. The van der Waals surface area contributed by atoms with Crippen molar-refractivity contribution in [3.8, 4) is 6.07 Å². The molecule has 0 aliphatic carbocycles. The molecular formula is C14H19N3O4. The second-order valence-corrected chi connectivity index (χ2v) is 4.95. The second kappa shape index (κ2) is 7.20. The maximum atomic E-state index is 11.5. The van der Waals surface area contributed by atoms with Crippen LogP contribution in [-0.2, 0) is 19.3 Å². The number of nitriles is 1. The third kappa shape index (κ3) is 3.60. The normalized spacial score (nSPS) is 26.8. The van der Waals surface area contributed by atoms with Crippen LogP contribution in [0.15, 0.2) is 16.3 Å². The van der Waals surface area contributed by atoms with Gasteiger partial charge in [0.25, 0.3) is 0 Å². The van der Waals surface area contributed by atoms with Gasteiger partial charge in [-0.15, -0.1) is 0 Å². The van der Waals surface area contributed by atoms with Crippen LogP contribution in [0.1, 0.15) is 25.7 Å². The summed E-state index contributed by atoms with van der Waals surface area (Å²) in [7, 11) is 2.81. The van der Waals surface area contributed by atoms with Crippen LogP contribution in [0, 0.1) is 11.3 Å². The van der Waals surface area contributed by atoms with Crippen LogP contribution in [-0.4, -0.2) is 44.6 Å². The predicted octanol–water partition coefficient (Wildman–Crippen LogP) is 0.870. The van der Waals surface area contributed by atoms with Gasteiger partial charge < -0.3 is 10.1 Å². The van der Waals surface area contributed by atoms with Crippen molar-refractivity contribution in [3.05, 3.63) is 11.3 Å². The van der Waals surface area contributed by atoms with E-state index in [2.05, 4.69) is 21.3 Å². The molecule has 2 aliphatic rings. The lowest BCUT2D eigenvalue weighted by atomic mass is 10.1. The van der Waals surface area contributed by atoms with E-state index in [-0.39, 0.29) is 12.0 Å². The van der Waals surface area contributed by atoms with Crippen molar-refractivity contribution in [1.82, 2.24) is 5.32 Å². The number of aliphatic imine (C=N–C) groups is 1. The maximum Gasteiger partial charge on any atom is 0.330 e. The van der Waals surface area contributed by atoms with Gasteiger partial charge in [-0.1, -0.05) is 0 Å². The molecule has 0 radical (unpaired) electrons. The van der Waals surface area contributed by atoms with Crippen molar-refractivity contribution >= 4 is 11.7 Å². The SMILES string of the molecule is COOCC1CCC(=C(C#N)C2=NC(C(=O)OC)CC2)N1. The molecule has 0 aromatic rings. The zero-order valence-corrected chi connectivity index (χ0v) is 12.2. The maximum absolute atomic E-state index is 11.5. The van der Waals surface area contributed by atoms with Crippen LogP contribution in [0.4, 0.5) is 0 Å². The third-order valence-electron chi connectivity index (χ3n) is 3.65. The molecule has 7 nitrogen and oxygen atoms in total. The summed E-state index contributed by atoms with van der Waals surface area (Å²) >= 11 is 0. The van der Waals surface area contributed by atoms with Crippen molar-refractivity contribution < 1.29 is 19.3 Å². The quantitative estimate of drug-likeness (QED) is 0.350. The molecule has 0 amide bonds. The number of rotatable bonds is 5. The van der Waals surface area contributed by atoms with Gasteiger partial charge in [0.05, 0.1) is 31.5 Å². The van der Waals surface area contributed by atoms with Gasteiger partial charge in [-0.05, 0) is 25.7 Å². The van der Waals surface area contributed by atoms with E-state index >= 15 is 0 Å². The molecule has 2 unspecified atom stereocenters. The smallest absolute Gasteiger partial charge is 0.330 e. The Morgan fingerprint density at radius 1 is 1.43 bits per heavy atom. The Labute approximate surface area is 123 Å². The molecule has 0 spiro atoms. The minimum absolute atomic E-state index is 0.127. The fourth-order valence-electron chi connectivity index (χ4n) is 2.57. The van der Waals surface area contributed by atoms with E-state index in [4.69, 9.17) is 9.62 Å². The van der Waals surface area contributed by atoms with Crippen molar-refractivity contribution in [3.63, 3.8) is 0 Å². The number of nitrogens with one attached hydrogen (secondary N) is 1. The molecule has 1 saturated heterocycles. The molecule has 0 aromatic carbocycles. The Bertz CT molecular complexity index is 507. The van der Waals surface area contributed by atoms with Gasteiger partial charge in [0, 0.05) is 5.70 Å². The minimum Gasteiger partial charge on any atom is -0.467 e. The molecule has 21 heavy (non-hydrogen) atoms. The lowest BCUT2D eigenvalue weighted by Gasteiger charge is -2.10. The fraction of sp³-hybridized carbons (Fsp3) is 0.643. The number of hydrogen-bond acceptors (Lipinski definition) is 7. The number of carbonyl (C=O) groups excluding carboxylic acids is 1. The summed E-state index contributed by atoms with van der Waals surface area (Å²) in [5.41, 5.74) is 2.09. The first-order valence-electron chi connectivity index (χ1n) is 6.89. The molecular weight excluding hydrogens is 274 g/mol. The van der Waals surface area contributed by atoms with Gasteiger partial charge in [-0.3, -0.25) is 4.99 Å². The van der Waals surface area contributed by atoms with Crippen molar-refractivity contribution in [2.45, 2.75) is 37.8 Å². The Balaban J connectivity index is 2.09. The van der Waals surface area contributed by atoms with Crippen LogP contribution in [0.2, 0.25) is 0 Å². The molecule has 7 heteroatoms. The molecule has 1 fully saturated rings. The summed E-state index contributed by atoms with van der Waals surface area (Å²) in [6.45, 7) is 0.427. The highest BCUT2D eigenvalue weighted by Crippen LogP contribution is 2.25. The first kappa shape index (κ1) is 15.5. The van der Waals surface area contributed by atoms with Gasteiger partial charge >= 0.3 is 5.97 Å². The van der Waals surface area contributed by atoms with Crippen LogP contribution in [0.5, 0.6) is 0 Å². The van der Waals surface area contributed by atoms with Crippen molar-refractivity contribution in [1.29, 1.82) is 5.26 Å². The number of ether oxygens (including phenoxy) is 1. The van der Waals surface area contributed by atoms with E-state index in [9.17, 15) is 10.1 Å². The van der Waals surface area contributed by atoms with E-state index in [1.807, 2.05) is 0 Å². The van der Waals surface area contributed by atoms with E-state index in [0.29, 0.717) is 30.7 Å². The van der Waals surface area contributed by atoms with Crippen molar-refractivity contribution in [2.24, 2.45) is 4.99 Å². The molecule has 1 N–H and O–H groups in total.